The monoisotopic (exact) mass is 208 g/mol. The molecule has 0 saturated heterocycles. The van der Waals surface area contributed by atoms with Gasteiger partial charge in [-0.1, -0.05) is 42.0 Å². The summed E-state index contributed by atoms with van der Waals surface area (Å²) in [6, 6.07) is 13.5. The molecule has 2 aromatic carbocycles. The minimum atomic E-state index is 1.19. The molecular weight excluding hydrogens is 192 g/mol. The molecule has 0 heterocycles. The lowest BCUT2D eigenvalue weighted by Gasteiger charge is -2.21. The van der Waals surface area contributed by atoms with Crippen LogP contribution in [-0.4, -0.2) is 0 Å². The number of benzene rings is 2. The van der Waals surface area contributed by atoms with E-state index < -0.39 is 0 Å². The fourth-order valence-corrected chi connectivity index (χ4v) is 2.74. The van der Waals surface area contributed by atoms with Crippen molar-refractivity contribution in [1.82, 2.24) is 0 Å². The van der Waals surface area contributed by atoms with Gasteiger partial charge in [-0.25, -0.2) is 0 Å². The Hall–Kier alpha value is -1.56. The van der Waals surface area contributed by atoms with Gasteiger partial charge in [-0.05, 0) is 54.5 Å². The van der Waals surface area contributed by atoms with Crippen molar-refractivity contribution in [2.75, 3.05) is 0 Å². The van der Waals surface area contributed by atoms with E-state index in [0.29, 0.717) is 0 Å². The Labute approximate surface area is 96.9 Å². The van der Waals surface area contributed by atoms with Gasteiger partial charge < -0.3 is 0 Å². The van der Waals surface area contributed by atoms with E-state index in [1.54, 1.807) is 5.56 Å². The molecule has 0 radical (unpaired) electrons. The Bertz CT molecular complexity index is 550. The van der Waals surface area contributed by atoms with E-state index in [9.17, 15) is 0 Å². The zero-order valence-corrected chi connectivity index (χ0v) is 9.88. The Morgan fingerprint density at radius 3 is 2.62 bits per heavy atom. The van der Waals surface area contributed by atoms with Crippen LogP contribution < -0.4 is 0 Å². The first-order chi connectivity index (χ1) is 7.75. The van der Waals surface area contributed by atoms with E-state index in [2.05, 4.69) is 50.2 Å². The molecular formula is C16H16. The third-order valence-corrected chi connectivity index (χ3v) is 3.61. The molecule has 1 aliphatic rings. The molecule has 0 heteroatoms. The van der Waals surface area contributed by atoms with E-state index in [-0.39, 0.29) is 0 Å². The highest BCUT2D eigenvalue weighted by atomic mass is 14.2. The van der Waals surface area contributed by atoms with Gasteiger partial charge in [0.2, 0.25) is 0 Å². The summed E-state index contributed by atoms with van der Waals surface area (Å²) in [6.45, 7) is 4.39. The Balaban J connectivity index is 2.27. The molecule has 0 spiro atoms. The number of hydrogen-bond acceptors (Lipinski definition) is 0. The molecule has 2 aromatic rings. The zero-order chi connectivity index (χ0) is 11.1. The second-order valence-corrected chi connectivity index (χ2v) is 4.76. The van der Waals surface area contributed by atoms with Crippen LogP contribution in [-0.2, 0) is 12.8 Å². The lowest BCUT2D eigenvalue weighted by atomic mass is 9.83. The number of rotatable bonds is 0. The van der Waals surface area contributed by atoms with Crippen molar-refractivity contribution in [3.8, 4) is 11.1 Å². The summed E-state index contributed by atoms with van der Waals surface area (Å²) < 4.78 is 0. The summed E-state index contributed by atoms with van der Waals surface area (Å²) in [5.74, 6) is 0. The summed E-state index contributed by atoms with van der Waals surface area (Å²) in [5.41, 5.74) is 8.74. The van der Waals surface area contributed by atoms with Gasteiger partial charge in [0.25, 0.3) is 0 Å². The Kier molecular flexibility index (Phi) is 2.10. The quantitative estimate of drug-likeness (QED) is 0.612. The summed E-state index contributed by atoms with van der Waals surface area (Å²) >= 11 is 0. The van der Waals surface area contributed by atoms with Gasteiger partial charge in [0.1, 0.15) is 0 Å². The highest BCUT2D eigenvalue weighted by molar-refractivity contribution is 5.74. The number of fused-ring (bicyclic) bond motifs is 3. The van der Waals surface area contributed by atoms with Crippen molar-refractivity contribution in [2.24, 2.45) is 0 Å². The van der Waals surface area contributed by atoms with Crippen LogP contribution in [0.2, 0.25) is 0 Å². The molecule has 0 aliphatic heterocycles. The van der Waals surface area contributed by atoms with Crippen molar-refractivity contribution in [3.05, 3.63) is 58.7 Å². The Morgan fingerprint density at radius 2 is 1.75 bits per heavy atom. The first-order valence-corrected chi connectivity index (χ1v) is 5.94. The molecule has 0 bridgehead atoms. The van der Waals surface area contributed by atoms with Crippen molar-refractivity contribution >= 4 is 0 Å². The van der Waals surface area contributed by atoms with Crippen LogP contribution in [0, 0.1) is 13.8 Å². The first-order valence-electron chi connectivity index (χ1n) is 5.94. The molecule has 0 fully saturated rings. The normalized spacial score (nSPS) is 13.1. The highest BCUT2D eigenvalue weighted by Gasteiger charge is 2.16. The second kappa shape index (κ2) is 3.48. The van der Waals surface area contributed by atoms with E-state index in [0.717, 1.165) is 0 Å². The average molecular weight is 208 g/mol. The molecule has 0 saturated carbocycles. The largest absolute Gasteiger partial charge is 0.0614 e. The van der Waals surface area contributed by atoms with Gasteiger partial charge in [-0.15, -0.1) is 0 Å². The van der Waals surface area contributed by atoms with E-state index in [1.165, 1.54) is 40.7 Å². The lowest BCUT2D eigenvalue weighted by molar-refractivity contribution is 0.929. The molecule has 80 valence electrons. The molecule has 0 N–H and O–H groups in total. The SMILES string of the molecule is Cc1ccc2c(c1)CCc1c(C)cccc1-2. The maximum atomic E-state index is 2.33. The van der Waals surface area contributed by atoms with E-state index in [4.69, 9.17) is 0 Å². The predicted molar refractivity (Wildman–Crippen MR) is 68.8 cm³/mol. The summed E-state index contributed by atoms with van der Waals surface area (Å²) in [7, 11) is 0. The van der Waals surface area contributed by atoms with Gasteiger partial charge >= 0.3 is 0 Å². The van der Waals surface area contributed by atoms with Gasteiger partial charge in [0, 0.05) is 0 Å². The number of hydrogen-bond donors (Lipinski definition) is 0. The molecule has 0 amide bonds. The third-order valence-electron chi connectivity index (χ3n) is 3.61. The van der Waals surface area contributed by atoms with Crippen LogP contribution in [0.1, 0.15) is 22.3 Å². The molecule has 1 aliphatic carbocycles. The van der Waals surface area contributed by atoms with Crippen LogP contribution in [0.25, 0.3) is 11.1 Å². The predicted octanol–water partition coefficient (Wildman–Crippen LogP) is 4.07. The van der Waals surface area contributed by atoms with Crippen LogP contribution in [0.4, 0.5) is 0 Å². The average Bonchev–Trinajstić information content (AvgIpc) is 2.28. The fourth-order valence-electron chi connectivity index (χ4n) is 2.74. The maximum absolute atomic E-state index is 2.33. The van der Waals surface area contributed by atoms with Crippen molar-refractivity contribution in [2.45, 2.75) is 26.7 Å². The van der Waals surface area contributed by atoms with Gasteiger partial charge in [-0.2, -0.15) is 0 Å². The molecule has 0 unspecified atom stereocenters. The van der Waals surface area contributed by atoms with Crippen LogP contribution in [0.15, 0.2) is 36.4 Å². The van der Waals surface area contributed by atoms with Crippen molar-refractivity contribution in [3.63, 3.8) is 0 Å². The molecule has 0 aromatic heterocycles. The van der Waals surface area contributed by atoms with Gasteiger partial charge in [-0.3, -0.25) is 0 Å². The first kappa shape index (κ1) is 9.65. The number of aryl methyl sites for hydroxylation is 3. The van der Waals surface area contributed by atoms with Crippen LogP contribution in [0.3, 0.4) is 0 Å². The van der Waals surface area contributed by atoms with Crippen LogP contribution in [0.5, 0.6) is 0 Å². The standard InChI is InChI=1S/C16H16/c1-11-6-8-15-13(10-11)7-9-14-12(2)4-3-5-16(14)15/h3-6,8,10H,7,9H2,1-2H3. The smallest absolute Gasteiger partial charge is 0.0146 e. The van der Waals surface area contributed by atoms with Gasteiger partial charge in [0.15, 0.2) is 0 Å². The minimum Gasteiger partial charge on any atom is -0.0614 e. The topological polar surface area (TPSA) is 0 Å². The van der Waals surface area contributed by atoms with Crippen molar-refractivity contribution in [1.29, 1.82) is 0 Å². The second-order valence-electron chi connectivity index (χ2n) is 4.76. The maximum Gasteiger partial charge on any atom is -0.0146 e. The fraction of sp³-hybridized carbons (Fsp3) is 0.250. The summed E-state index contributed by atoms with van der Waals surface area (Å²) in [4.78, 5) is 0. The highest BCUT2D eigenvalue weighted by Crippen LogP contribution is 2.35. The lowest BCUT2D eigenvalue weighted by Crippen LogP contribution is -2.05. The third kappa shape index (κ3) is 1.37. The molecule has 0 nitrogen and oxygen atoms in total. The molecule has 3 rings (SSSR count). The van der Waals surface area contributed by atoms with Crippen LogP contribution >= 0.6 is 0 Å². The van der Waals surface area contributed by atoms with Gasteiger partial charge in [0.05, 0.1) is 0 Å². The summed E-state index contributed by atoms with van der Waals surface area (Å²) in [5, 5.41) is 0. The van der Waals surface area contributed by atoms with E-state index in [1.807, 2.05) is 0 Å². The Morgan fingerprint density at radius 1 is 0.875 bits per heavy atom. The molecule has 0 atom stereocenters. The molecule has 16 heavy (non-hydrogen) atoms. The zero-order valence-electron chi connectivity index (χ0n) is 9.88. The summed E-state index contributed by atoms with van der Waals surface area (Å²) in [6.07, 6.45) is 2.38. The van der Waals surface area contributed by atoms with E-state index >= 15 is 0 Å². The minimum absolute atomic E-state index is 1.19. The van der Waals surface area contributed by atoms with Crippen molar-refractivity contribution < 1.29 is 0 Å².